The van der Waals surface area contributed by atoms with E-state index in [0.29, 0.717) is 0 Å². The zero-order valence-electron chi connectivity index (χ0n) is 23.2. The Morgan fingerprint density at radius 2 is 1.54 bits per heavy atom. The molecule has 0 radical (unpaired) electrons. The third kappa shape index (κ3) is 4.95. The standard InChI is InChI=1S/C34H28N4OS.Pt/c1-34(2,3)23-18-19-35-33(20-23)37-29-13-6-5-12-27(29)28-17-16-26(22-32(28)37)40-25-11-9-10-24(21-25)38-31-15-8-7-14-30(31)36(4)39-38;/h5-20H,1-4H3;/q-2;/p+1. The molecule has 1 aliphatic heterocycles. The first-order chi connectivity index (χ1) is 19.4. The van der Waals surface area contributed by atoms with Gasteiger partial charge in [-0.3, -0.25) is 0 Å². The smallest absolute Gasteiger partial charge is 0.145 e. The summed E-state index contributed by atoms with van der Waals surface area (Å²) in [6.07, 6.45) is 1.91. The van der Waals surface area contributed by atoms with E-state index >= 15 is 0 Å². The largest absolute Gasteiger partial charge is 0.319 e. The molecule has 7 rings (SSSR count). The van der Waals surface area contributed by atoms with E-state index in [0.717, 1.165) is 49.1 Å². The van der Waals surface area contributed by atoms with Crippen LogP contribution in [0.2, 0.25) is 0 Å². The van der Waals surface area contributed by atoms with Crippen LogP contribution in [0.15, 0.2) is 107 Å². The first-order valence-electron chi connectivity index (χ1n) is 13.3. The van der Waals surface area contributed by atoms with Crippen LogP contribution < -0.4 is 10.1 Å². The number of hydroxylamine groups is 1. The van der Waals surface area contributed by atoms with Crippen LogP contribution in [-0.2, 0) is 26.5 Å². The summed E-state index contributed by atoms with van der Waals surface area (Å²) < 4.78 is 2.24. The molecular weight excluding hydrogens is 708 g/mol. The molecule has 3 heterocycles. The number of aromatic nitrogens is 2. The van der Waals surface area contributed by atoms with E-state index in [2.05, 4.69) is 110 Å². The van der Waals surface area contributed by atoms with Crippen LogP contribution >= 0.6 is 11.8 Å². The zero-order valence-corrected chi connectivity index (χ0v) is 26.3. The van der Waals surface area contributed by atoms with Crippen molar-refractivity contribution in [2.24, 2.45) is 0 Å². The molecular formula is C34H29N4OPtS-. The Hall–Kier alpha value is -3.57. The van der Waals surface area contributed by atoms with Crippen LogP contribution in [0.1, 0.15) is 26.3 Å². The fraction of sp³-hybridized carbons (Fsp3) is 0.147. The molecule has 7 heteroatoms. The normalized spacial score (nSPS) is 13.1. The Morgan fingerprint density at radius 3 is 2.37 bits per heavy atom. The van der Waals surface area contributed by atoms with Crippen LogP contribution in [0.5, 0.6) is 0 Å². The van der Waals surface area contributed by atoms with Gasteiger partial charge in [-0.2, -0.15) is 29.2 Å². The van der Waals surface area contributed by atoms with Crippen molar-refractivity contribution in [3.8, 4) is 5.82 Å². The molecule has 0 bridgehead atoms. The van der Waals surface area contributed by atoms with Gasteiger partial charge in [-0.25, -0.2) is 4.98 Å². The van der Waals surface area contributed by atoms with E-state index in [1.165, 1.54) is 10.9 Å². The average molecular weight is 737 g/mol. The summed E-state index contributed by atoms with van der Waals surface area (Å²) in [7, 11) is 1.97. The van der Waals surface area contributed by atoms with E-state index in [1.54, 1.807) is 11.8 Å². The maximum absolute atomic E-state index is 4.80. The van der Waals surface area contributed by atoms with Crippen LogP contribution in [0.25, 0.3) is 27.6 Å². The second kappa shape index (κ2) is 10.7. The number of hydrogen-bond donors (Lipinski definition) is 0. The Balaban J connectivity index is 0.00000302. The summed E-state index contributed by atoms with van der Waals surface area (Å²) in [5.41, 5.74) is 6.45. The summed E-state index contributed by atoms with van der Waals surface area (Å²) in [6.45, 7) is 6.70. The van der Waals surface area contributed by atoms with Gasteiger partial charge < -0.3 is 4.57 Å². The van der Waals surface area contributed by atoms with E-state index in [9.17, 15) is 0 Å². The summed E-state index contributed by atoms with van der Waals surface area (Å²) in [5.74, 6) is 0.906. The summed E-state index contributed by atoms with van der Waals surface area (Å²) in [4.78, 5) is 11.5. The molecule has 208 valence electrons. The molecule has 6 aromatic rings. The van der Waals surface area contributed by atoms with E-state index in [1.807, 2.05) is 41.6 Å². The van der Waals surface area contributed by atoms with Crippen LogP contribution in [0.4, 0.5) is 17.1 Å². The molecule has 0 saturated carbocycles. The average Bonchev–Trinajstić information content (AvgIpc) is 3.47. The number of hydrogen-bond acceptors (Lipinski definition) is 4. The van der Waals surface area contributed by atoms with Gasteiger partial charge in [0.15, 0.2) is 0 Å². The number of rotatable bonds is 4. The second-order valence-corrected chi connectivity index (χ2v) is 12.1. The van der Waals surface area contributed by atoms with Crippen molar-refractivity contribution in [3.63, 3.8) is 0 Å². The first-order valence-corrected chi connectivity index (χ1v) is 14.2. The molecule has 2 aromatic heterocycles. The Bertz CT molecular complexity index is 1890. The van der Waals surface area contributed by atoms with Gasteiger partial charge in [0, 0.05) is 38.5 Å². The van der Waals surface area contributed by atoms with Crippen molar-refractivity contribution in [1.29, 1.82) is 0 Å². The number of para-hydroxylation sites is 3. The molecule has 4 aromatic carbocycles. The third-order valence-corrected chi connectivity index (χ3v) is 8.20. The van der Waals surface area contributed by atoms with Gasteiger partial charge in [0.2, 0.25) is 0 Å². The predicted octanol–water partition coefficient (Wildman–Crippen LogP) is 8.65. The SMILES string of the molecule is CN1[OH+]N(c2[c-]c(Sc3[c-]c4c(cc3)c3ccccc3n4-c3cc(C(C)(C)C)ccn3)ccc2)c2ccccc21.[Pt]. The van der Waals surface area contributed by atoms with Crippen LogP contribution in [0, 0.1) is 12.1 Å². The van der Waals surface area contributed by atoms with E-state index in [4.69, 9.17) is 9.92 Å². The maximum atomic E-state index is 4.80. The fourth-order valence-electron chi connectivity index (χ4n) is 5.24. The number of anilines is 3. The fourth-order valence-corrected chi connectivity index (χ4v) is 6.06. The van der Waals surface area contributed by atoms with Crippen molar-refractivity contribution in [1.82, 2.24) is 9.55 Å². The minimum atomic E-state index is 0. The molecule has 0 amide bonds. The number of pyridine rings is 1. The molecule has 0 fully saturated rings. The Labute approximate surface area is 258 Å². The number of fused-ring (bicyclic) bond motifs is 4. The molecule has 0 saturated heterocycles. The molecule has 0 spiro atoms. The molecule has 1 aliphatic rings. The van der Waals surface area contributed by atoms with Gasteiger partial charge >= 0.3 is 0 Å². The summed E-state index contributed by atoms with van der Waals surface area (Å²) in [6, 6.07) is 38.9. The monoisotopic (exact) mass is 736 g/mol. The van der Waals surface area contributed by atoms with Crippen molar-refractivity contribution < 1.29 is 26.0 Å². The van der Waals surface area contributed by atoms with E-state index < -0.39 is 0 Å². The first kappa shape index (κ1) is 27.6. The quantitative estimate of drug-likeness (QED) is 0.134. The van der Waals surface area contributed by atoms with Gasteiger partial charge in [0.05, 0.1) is 7.05 Å². The minimum absolute atomic E-state index is 0. The predicted molar refractivity (Wildman–Crippen MR) is 164 cm³/mol. The maximum Gasteiger partial charge on any atom is 0.145 e. The Morgan fingerprint density at radius 1 is 0.780 bits per heavy atom. The molecule has 0 aliphatic carbocycles. The van der Waals surface area contributed by atoms with Gasteiger partial charge in [0.25, 0.3) is 0 Å². The number of benzene rings is 4. The summed E-state index contributed by atoms with van der Waals surface area (Å²) in [5, 5.41) is 6.20. The van der Waals surface area contributed by atoms with Gasteiger partial charge in [-0.1, -0.05) is 56.6 Å². The molecule has 1 N–H and O–H groups in total. The van der Waals surface area contributed by atoms with Crippen LogP contribution in [-0.4, -0.2) is 21.5 Å². The molecule has 0 atom stereocenters. The van der Waals surface area contributed by atoms with Crippen molar-refractivity contribution >= 4 is 50.6 Å². The topological polar surface area (TPSA) is 37.1 Å². The van der Waals surface area contributed by atoms with Crippen molar-refractivity contribution in [2.45, 2.75) is 36.0 Å². The minimum Gasteiger partial charge on any atom is -0.319 e. The van der Waals surface area contributed by atoms with Gasteiger partial charge in [0.1, 0.15) is 17.2 Å². The zero-order chi connectivity index (χ0) is 27.4. The van der Waals surface area contributed by atoms with E-state index in [-0.39, 0.29) is 26.5 Å². The molecule has 41 heavy (non-hydrogen) atoms. The third-order valence-electron chi connectivity index (χ3n) is 7.28. The van der Waals surface area contributed by atoms with Gasteiger partial charge in [-0.05, 0) is 46.7 Å². The van der Waals surface area contributed by atoms with Crippen molar-refractivity contribution in [2.75, 3.05) is 17.2 Å². The summed E-state index contributed by atoms with van der Waals surface area (Å²) >= 11 is 1.65. The Kier molecular flexibility index (Phi) is 7.19. The van der Waals surface area contributed by atoms with Crippen molar-refractivity contribution in [3.05, 3.63) is 115 Å². The molecule has 0 unspecified atom stereocenters. The number of nitrogens with zero attached hydrogens (tertiary/aromatic N) is 4. The van der Waals surface area contributed by atoms with Crippen LogP contribution in [0.3, 0.4) is 0 Å². The second-order valence-electron chi connectivity index (χ2n) is 11.0. The van der Waals surface area contributed by atoms with Gasteiger partial charge in [-0.15, -0.1) is 55.3 Å². The molecule has 5 nitrogen and oxygen atoms in total.